The monoisotopic (exact) mass is 326 g/mol. The van der Waals surface area contributed by atoms with E-state index in [0.717, 1.165) is 16.7 Å². The Kier molecular flexibility index (Phi) is 6.09. The number of nitrogens with one attached hydrogen (secondary N) is 1. The minimum absolute atomic E-state index is 0.239. The van der Waals surface area contributed by atoms with Gasteiger partial charge in [0.15, 0.2) is 0 Å². The van der Waals surface area contributed by atoms with E-state index in [0.29, 0.717) is 18.5 Å². The molecule has 3 N–H and O–H groups in total. The molecule has 0 spiro atoms. The van der Waals surface area contributed by atoms with E-state index in [1.54, 1.807) is 12.1 Å². The lowest BCUT2D eigenvalue weighted by atomic mass is 10.0. The molecular weight excluding hydrogens is 304 g/mol. The normalized spacial score (nSPS) is 11.6. The molecule has 0 saturated heterocycles. The van der Waals surface area contributed by atoms with E-state index in [2.05, 4.69) is 10.1 Å². The number of nitrogens with two attached hydrogens (primary N) is 1. The van der Waals surface area contributed by atoms with Crippen molar-refractivity contribution < 1.29 is 14.3 Å². The van der Waals surface area contributed by atoms with Crippen LogP contribution in [0.2, 0.25) is 0 Å². The second kappa shape index (κ2) is 8.26. The molecule has 24 heavy (non-hydrogen) atoms. The summed E-state index contributed by atoms with van der Waals surface area (Å²) < 4.78 is 4.61. The van der Waals surface area contributed by atoms with Gasteiger partial charge in [0.2, 0.25) is 5.91 Å². The van der Waals surface area contributed by atoms with E-state index in [9.17, 15) is 9.59 Å². The van der Waals surface area contributed by atoms with Gasteiger partial charge in [-0.1, -0.05) is 42.0 Å². The second-order valence-corrected chi connectivity index (χ2v) is 5.65. The third kappa shape index (κ3) is 4.93. The molecule has 2 aromatic carbocycles. The predicted octanol–water partition coefficient (Wildman–Crippen LogP) is 2.74. The first-order chi connectivity index (χ1) is 11.5. The molecule has 0 aliphatic carbocycles. The highest BCUT2D eigenvalue weighted by molar-refractivity contribution is 5.95. The maximum absolute atomic E-state index is 12.2. The largest absolute Gasteiger partial charge is 0.469 e. The highest BCUT2D eigenvalue weighted by Gasteiger charge is 2.15. The molecule has 0 radical (unpaired) electrons. The number of methoxy groups -OCH3 is 1. The lowest BCUT2D eigenvalue weighted by Gasteiger charge is -2.13. The summed E-state index contributed by atoms with van der Waals surface area (Å²) in [6, 6.07) is 14.2. The van der Waals surface area contributed by atoms with Crippen molar-refractivity contribution in [3.05, 3.63) is 65.2 Å². The summed E-state index contributed by atoms with van der Waals surface area (Å²) in [6.45, 7) is 1.98. The van der Waals surface area contributed by atoms with Gasteiger partial charge in [0, 0.05) is 12.1 Å². The molecule has 1 atom stereocenters. The van der Waals surface area contributed by atoms with Gasteiger partial charge in [-0.2, -0.15) is 0 Å². The van der Waals surface area contributed by atoms with E-state index in [1.165, 1.54) is 7.11 Å². The first-order valence-corrected chi connectivity index (χ1v) is 7.78. The molecule has 0 fully saturated rings. The van der Waals surface area contributed by atoms with Crippen LogP contribution in [-0.2, 0) is 20.7 Å². The number of hydrogen-bond acceptors (Lipinski definition) is 4. The summed E-state index contributed by atoms with van der Waals surface area (Å²) in [5, 5.41) is 2.80. The Balaban J connectivity index is 1.93. The number of carbonyl (C=O) groups excluding carboxylic acids is 2. The standard InChI is InChI=1S/C19H22N2O3/c1-13-3-8-15(9-4-13)18(20)19(23)21-16-10-5-14(6-11-16)7-12-17(22)24-2/h3-6,8-11,18H,7,12,20H2,1-2H3,(H,21,23). The van der Waals surface area contributed by atoms with Crippen molar-refractivity contribution in [2.24, 2.45) is 5.73 Å². The molecule has 0 aliphatic heterocycles. The fourth-order valence-electron chi connectivity index (χ4n) is 2.25. The van der Waals surface area contributed by atoms with Crippen molar-refractivity contribution in [3.63, 3.8) is 0 Å². The van der Waals surface area contributed by atoms with Crippen LogP contribution in [0.15, 0.2) is 48.5 Å². The van der Waals surface area contributed by atoms with Crippen LogP contribution in [0.5, 0.6) is 0 Å². The number of carbonyl (C=O) groups is 2. The minimum Gasteiger partial charge on any atom is -0.469 e. The molecule has 5 heteroatoms. The van der Waals surface area contributed by atoms with Crippen LogP contribution in [0.3, 0.4) is 0 Å². The lowest BCUT2D eigenvalue weighted by molar-refractivity contribution is -0.140. The molecule has 0 aliphatic rings. The number of amides is 1. The molecule has 126 valence electrons. The maximum Gasteiger partial charge on any atom is 0.305 e. The third-order valence-corrected chi connectivity index (χ3v) is 3.79. The number of esters is 1. The van der Waals surface area contributed by atoms with Crippen LogP contribution in [0.1, 0.15) is 29.2 Å². The van der Waals surface area contributed by atoms with E-state index >= 15 is 0 Å². The molecule has 5 nitrogen and oxygen atoms in total. The smallest absolute Gasteiger partial charge is 0.305 e. The summed E-state index contributed by atoms with van der Waals surface area (Å²) in [5.74, 6) is -0.502. The molecule has 0 bridgehead atoms. The Labute approximate surface area is 141 Å². The second-order valence-electron chi connectivity index (χ2n) is 5.65. The van der Waals surface area contributed by atoms with Crippen molar-refractivity contribution in [2.75, 3.05) is 12.4 Å². The molecule has 1 amide bonds. The Hall–Kier alpha value is -2.66. The van der Waals surface area contributed by atoms with Gasteiger partial charge in [0.05, 0.1) is 7.11 Å². The number of aryl methyl sites for hydroxylation is 2. The Bertz CT molecular complexity index is 694. The summed E-state index contributed by atoms with van der Waals surface area (Å²) in [4.78, 5) is 23.4. The van der Waals surface area contributed by atoms with E-state index in [1.807, 2.05) is 43.3 Å². The number of benzene rings is 2. The first-order valence-electron chi connectivity index (χ1n) is 7.78. The van der Waals surface area contributed by atoms with Crippen molar-refractivity contribution >= 4 is 17.6 Å². The third-order valence-electron chi connectivity index (χ3n) is 3.79. The Morgan fingerprint density at radius 1 is 1.08 bits per heavy atom. The van der Waals surface area contributed by atoms with Crippen LogP contribution in [0.25, 0.3) is 0 Å². The molecule has 1 unspecified atom stereocenters. The highest BCUT2D eigenvalue weighted by Crippen LogP contribution is 2.16. The van der Waals surface area contributed by atoms with Crippen molar-refractivity contribution in [2.45, 2.75) is 25.8 Å². The molecule has 0 saturated carbocycles. The molecule has 0 aromatic heterocycles. The van der Waals surface area contributed by atoms with Crippen LogP contribution >= 0.6 is 0 Å². The zero-order valence-corrected chi connectivity index (χ0v) is 13.9. The van der Waals surface area contributed by atoms with Crippen molar-refractivity contribution in [1.82, 2.24) is 0 Å². The van der Waals surface area contributed by atoms with Gasteiger partial charge in [-0.25, -0.2) is 0 Å². The number of hydrogen-bond donors (Lipinski definition) is 2. The average Bonchev–Trinajstić information content (AvgIpc) is 2.60. The summed E-state index contributed by atoms with van der Waals surface area (Å²) >= 11 is 0. The number of anilines is 1. The summed E-state index contributed by atoms with van der Waals surface area (Å²) in [7, 11) is 1.37. The SMILES string of the molecule is COC(=O)CCc1ccc(NC(=O)C(N)c2ccc(C)cc2)cc1. The predicted molar refractivity (Wildman–Crippen MR) is 93.5 cm³/mol. The summed E-state index contributed by atoms with van der Waals surface area (Å²) in [6.07, 6.45) is 0.935. The average molecular weight is 326 g/mol. The quantitative estimate of drug-likeness (QED) is 0.800. The minimum atomic E-state index is -0.718. The van der Waals surface area contributed by atoms with Gasteiger partial charge >= 0.3 is 5.97 Å². The summed E-state index contributed by atoms with van der Waals surface area (Å²) in [5.41, 5.74) is 9.56. The first kappa shape index (κ1) is 17.7. The number of rotatable bonds is 6. The number of ether oxygens (including phenoxy) is 1. The van der Waals surface area contributed by atoms with Gasteiger partial charge in [-0.15, -0.1) is 0 Å². The van der Waals surface area contributed by atoms with E-state index in [-0.39, 0.29) is 11.9 Å². The molecule has 2 aromatic rings. The molecular formula is C19H22N2O3. The van der Waals surface area contributed by atoms with E-state index in [4.69, 9.17) is 5.73 Å². The van der Waals surface area contributed by atoms with E-state index < -0.39 is 6.04 Å². The van der Waals surface area contributed by atoms with Crippen molar-refractivity contribution in [1.29, 1.82) is 0 Å². The Morgan fingerprint density at radius 3 is 2.29 bits per heavy atom. The maximum atomic E-state index is 12.2. The Morgan fingerprint density at radius 2 is 1.71 bits per heavy atom. The van der Waals surface area contributed by atoms with Gasteiger partial charge in [0.25, 0.3) is 0 Å². The van der Waals surface area contributed by atoms with Gasteiger partial charge < -0.3 is 15.8 Å². The molecule has 0 heterocycles. The van der Waals surface area contributed by atoms with Crippen molar-refractivity contribution in [3.8, 4) is 0 Å². The van der Waals surface area contributed by atoms with Crippen LogP contribution in [0.4, 0.5) is 5.69 Å². The molecule has 2 rings (SSSR count). The highest BCUT2D eigenvalue weighted by atomic mass is 16.5. The van der Waals surface area contributed by atoms with Gasteiger partial charge in [-0.05, 0) is 36.6 Å². The van der Waals surface area contributed by atoms with Gasteiger partial charge in [0.1, 0.15) is 6.04 Å². The zero-order valence-electron chi connectivity index (χ0n) is 13.9. The van der Waals surface area contributed by atoms with Crippen LogP contribution < -0.4 is 11.1 Å². The fourth-order valence-corrected chi connectivity index (χ4v) is 2.25. The zero-order chi connectivity index (χ0) is 17.5. The lowest BCUT2D eigenvalue weighted by Crippen LogP contribution is -2.27. The fraction of sp³-hybridized carbons (Fsp3) is 0.263. The topological polar surface area (TPSA) is 81.4 Å². The van der Waals surface area contributed by atoms with Crippen LogP contribution in [-0.4, -0.2) is 19.0 Å². The van der Waals surface area contributed by atoms with Gasteiger partial charge in [-0.3, -0.25) is 9.59 Å². The van der Waals surface area contributed by atoms with Crippen LogP contribution in [0, 0.1) is 6.92 Å².